The van der Waals surface area contributed by atoms with E-state index < -0.39 is 4.92 Å². The molecule has 1 heterocycles. The molecule has 0 aromatic carbocycles. The predicted molar refractivity (Wildman–Crippen MR) is 63.5 cm³/mol. The molecule has 0 aliphatic carbocycles. The summed E-state index contributed by atoms with van der Waals surface area (Å²) in [5.41, 5.74) is 0.287. The number of nitrogens with one attached hydrogen (secondary N) is 1. The molecule has 0 atom stereocenters. The van der Waals surface area contributed by atoms with Crippen LogP contribution in [0.4, 0.5) is 11.5 Å². The Morgan fingerprint density at radius 1 is 1.44 bits per heavy atom. The Hall–Kier alpha value is -1.65. The van der Waals surface area contributed by atoms with Gasteiger partial charge in [0, 0.05) is 12.6 Å². The van der Waals surface area contributed by atoms with Crippen LogP contribution in [0.25, 0.3) is 0 Å². The highest BCUT2D eigenvalue weighted by atomic mass is 16.6. The number of anilines is 1. The van der Waals surface area contributed by atoms with Gasteiger partial charge in [0.1, 0.15) is 12.0 Å². The van der Waals surface area contributed by atoms with Crippen LogP contribution in [0, 0.1) is 15.5 Å². The van der Waals surface area contributed by atoms with E-state index in [1.165, 1.54) is 12.3 Å². The molecule has 0 bridgehead atoms. The molecular weight excluding hydrogens is 206 g/mol. The molecule has 0 saturated heterocycles. The SMILES string of the molecule is CC(C)(C)CCNc1ccc([N+](=O)[O-])cn1. The zero-order chi connectivity index (χ0) is 12.2. The van der Waals surface area contributed by atoms with Crippen LogP contribution in [0.5, 0.6) is 0 Å². The molecule has 1 N–H and O–H groups in total. The summed E-state index contributed by atoms with van der Waals surface area (Å²) in [5, 5.41) is 13.5. The number of hydrogen-bond donors (Lipinski definition) is 1. The molecular formula is C11H17N3O2. The summed E-state index contributed by atoms with van der Waals surface area (Å²) in [6.07, 6.45) is 2.28. The Morgan fingerprint density at radius 3 is 2.56 bits per heavy atom. The van der Waals surface area contributed by atoms with Gasteiger partial charge in [-0.1, -0.05) is 20.8 Å². The van der Waals surface area contributed by atoms with E-state index in [2.05, 4.69) is 31.1 Å². The highest BCUT2D eigenvalue weighted by Gasteiger charge is 2.09. The van der Waals surface area contributed by atoms with Crippen molar-refractivity contribution < 1.29 is 4.92 Å². The first-order valence-corrected chi connectivity index (χ1v) is 5.23. The molecule has 5 nitrogen and oxygen atoms in total. The fourth-order valence-corrected chi connectivity index (χ4v) is 1.16. The third-order valence-corrected chi connectivity index (χ3v) is 2.14. The lowest BCUT2D eigenvalue weighted by molar-refractivity contribution is -0.385. The van der Waals surface area contributed by atoms with Gasteiger partial charge in [-0.25, -0.2) is 4.98 Å². The summed E-state index contributed by atoms with van der Waals surface area (Å²) in [4.78, 5) is 13.9. The second-order valence-corrected chi connectivity index (χ2v) is 4.90. The Bertz CT molecular complexity index is 354. The average Bonchev–Trinajstić information content (AvgIpc) is 2.16. The smallest absolute Gasteiger partial charge is 0.287 e. The van der Waals surface area contributed by atoms with E-state index in [0.717, 1.165) is 13.0 Å². The largest absolute Gasteiger partial charge is 0.370 e. The van der Waals surface area contributed by atoms with Crippen molar-refractivity contribution in [1.29, 1.82) is 0 Å². The van der Waals surface area contributed by atoms with Gasteiger partial charge in [0.25, 0.3) is 5.69 Å². The molecule has 1 aromatic heterocycles. The summed E-state index contributed by atoms with van der Waals surface area (Å²) in [5.74, 6) is 0.676. The maximum atomic E-state index is 10.4. The van der Waals surface area contributed by atoms with Crippen molar-refractivity contribution >= 4 is 11.5 Å². The third-order valence-electron chi connectivity index (χ3n) is 2.14. The molecule has 0 fully saturated rings. The first-order valence-electron chi connectivity index (χ1n) is 5.23. The Balaban J connectivity index is 2.47. The van der Waals surface area contributed by atoms with E-state index in [-0.39, 0.29) is 11.1 Å². The van der Waals surface area contributed by atoms with Crippen LogP contribution < -0.4 is 5.32 Å². The van der Waals surface area contributed by atoms with Gasteiger partial charge in [0.05, 0.1) is 4.92 Å². The van der Waals surface area contributed by atoms with E-state index in [1.54, 1.807) is 6.07 Å². The van der Waals surface area contributed by atoms with Crippen LogP contribution in [0.2, 0.25) is 0 Å². The van der Waals surface area contributed by atoms with Gasteiger partial charge in [0.2, 0.25) is 0 Å². The van der Waals surface area contributed by atoms with E-state index in [9.17, 15) is 10.1 Å². The number of hydrogen-bond acceptors (Lipinski definition) is 4. The lowest BCUT2D eigenvalue weighted by Crippen LogP contribution is -2.13. The standard InChI is InChI=1S/C11H17N3O2/c1-11(2,3)6-7-12-10-5-4-9(8-13-10)14(15)16/h4-5,8H,6-7H2,1-3H3,(H,12,13). The van der Waals surface area contributed by atoms with Gasteiger partial charge in [-0.05, 0) is 17.9 Å². The van der Waals surface area contributed by atoms with E-state index in [1.807, 2.05) is 0 Å². The van der Waals surface area contributed by atoms with Crippen molar-refractivity contribution in [1.82, 2.24) is 4.98 Å². The minimum absolute atomic E-state index is 0.0152. The van der Waals surface area contributed by atoms with Gasteiger partial charge in [0.15, 0.2) is 0 Å². The second-order valence-electron chi connectivity index (χ2n) is 4.90. The number of aromatic nitrogens is 1. The van der Waals surface area contributed by atoms with E-state index >= 15 is 0 Å². The lowest BCUT2D eigenvalue weighted by Gasteiger charge is -2.18. The normalized spacial score (nSPS) is 11.2. The first kappa shape index (κ1) is 12.4. The third kappa shape index (κ3) is 4.25. The van der Waals surface area contributed by atoms with Crippen LogP contribution in [0.15, 0.2) is 18.3 Å². The summed E-state index contributed by atoms with van der Waals surface area (Å²) in [6, 6.07) is 3.08. The Morgan fingerprint density at radius 2 is 2.12 bits per heavy atom. The maximum Gasteiger partial charge on any atom is 0.287 e. The highest BCUT2D eigenvalue weighted by molar-refractivity contribution is 5.39. The predicted octanol–water partition coefficient (Wildman–Crippen LogP) is 2.84. The summed E-state index contributed by atoms with van der Waals surface area (Å²) >= 11 is 0. The molecule has 5 heteroatoms. The second kappa shape index (κ2) is 4.92. The maximum absolute atomic E-state index is 10.4. The lowest BCUT2D eigenvalue weighted by atomic mass is 9.92. The van der Waals surface area contributed by atoms with Crippen molar-refractivity contribution in [3.05, 3.63) is 28.4 Å². The molecule has 0 aliphatic heterocycles. The number of rotatable bonds is 4. The van der Waals surface area contributed by atoms with Crippen LogP contribution >= 0.6 is 0 Å². The number of nitrogens with zero attached hydrogens (tertiary/aromatic N) is 2. The molecule has 88 valence electrons. The molecule has 0 unspecified atom stereocenters. The number of nitro groups is 1. The quantitative estimate of drug-likeness (QED) is 0.629. The van der Waals surface area contributed by atoms with Crippen molar-refractivity contribution in [3.8, 4) is 0 Å². The van der Waals surface area contributed by atoms with Gasteiger partial charge < -0.3 is 5.32 Å². The summed E-state index contributed by atoms with van der Waals surface area (Å²) in [6.45, 7) is 7.31. The summed E-state index contributed by atoms with van der Waals surface area (Å²) in [7, 11) is 0. The van der Waals surface area contributed by atoms with Gasteiger partial charge in [-0.2, -0.15) is 0 Å². The monoisotopic (exact) mass is 223 g/mol. The van der Waals surface area contributed by atoms with Crippen LogP contribution in [0.1, 0.15) is 27.2 Å². The zero-order valence-corrected chi connectivity index (χ0v) is 9.86. The molecule has 16 heavy (non-hydrogen) atoms. The highest BCUT2D eigenvalue weighted by Crippen LogP contribution is 2.18. The van der Waals surface area contributed by atoms with E-state index in [0.29, 0.717) is 5.82 Å². The van der Waals surface area contributed by atoms with Crippen molar-refractivity contribution in [2.24, 2.45) is 5.41 Å². The van der Waals surface area contributed by atoms with Crippen LogP contribution in [-0.2, 0) is 0 Å². The van der Waals surface area contributed by atoms with Crippen molar-refractivity contribution in [2.75, 3.05) is 11.9 Å². The fraction of sp³-hybridized carbons (Fsp3) is 0.545. The Kier molecular flexibility index (Phi) is 3.82. The van der Waals surface area contributed by atoms with Crippen molar-refractivity contribution in [3.63, 3.8) is 0 Å². The van der Waals surface area contributed by atoms with Gasteiger partial charge in [-0.3, -0.25) is 10.1 Å². The van der Waals surface area contributed by atoms with Crippen LogP contribution in [0.3, 0.4) is 0 Å². The molecule has 1 aromatic rings. The molecule has 0 aliphatic rings. The Labute approximate surface area is 95.0 Å². The van der Waals surface area contributed by atoms with Crippen LogP contribution in [-0.4, -0.2) is 16.5 Å². The molecule has 0 radical (unpaired) electrons. The van der Waals surface area contributed by atoms with Gasteiger partial charge in [-0.15, -0.1) is 0 Å². The fourth-order valence-electron chi connectivity index (χ4n) is 1.16. The zero-order valence-electron chi connectivity index (χ0n) is 9.86. The molecule has 1 rings (SSSR count). The topological polar surface area (TPSA) is 68.1 Å². The summed E-state index contributed by atoms with van der Waals surface area (Å²) < 4.78 is 0. The molecule has 0 spiro atoms. The number of pyridine rings is 1. The first-order chi connectivity index (χ1) is 7.38. The molecule has 0 amide bonds. The minimum atomic E-state index is -0.452. The minimum Gasteiger partial charge on any atom is -0.370 e. The van der Waals surface area contributed by atoms with E-state index in [4.69, 9.17) is 0 Å². The average molecular weight is 223 g/mol. The molecule has 0 saturated carbocycles. The van der Waals surface area contributed by atoms with Gasteiger partial charge >= 0.3 is 0 Å². The van der Waals surface area contributed by atoms with Crippen molar-refractivity contribution in [2.45, 2.75) is 27.2 Å².